The molecule has 24 heteroatoms. The fourth-order valence-electron chi connectivity index (χ4n) is 23.4. The average molecular weight is 1720 g/mol. The van der Waals surface area contributed by atoms with Gasteiger partial charge in [-0.25, -0.2) is 56.2 Å². The minimum absolute atomic E-state index is 0.201. The van der Waals surface area contributed by atoms with Crippen molar-refractivity contribution in [2.24, 2.45) is 0 Å². The van der Waals surface area contributed by atoms with E-state index in [0.29, 0.717) is 246 Å². The summed E-state index contributed by atoms with van der Waals surface area (Å²) in [5.41, 5.74) is 8.15. The first-order valence-electron chi connectivity index (χ1n) is 42.5. The summed E-state index contributed by atoms with van der Waals surface area (Å²) < 4.78 is 108. The molecule has 0 saturated heterocycles. The molecule has 612 valence electrons. The molecular formula is C108H42F6N12O6. The zero-order chi connectivity index (χ0) is 87.5. The lowest BCUT2D eigenvalue weighted by Gasteiger charge is -2.19. The van der Waals surface area contributed by atoms with E-state index in [4.69, 9.17) is 29.9 Å². The Morgan fingerprint density at radius 2 is 0.303 bits per heavy atom. The van der Waals surface area contributed by atoms with E-state index in [0.717, 1.165) is 0 Å². The number of nitrogens with zero attached hydrogens (tertiary/aromatic N) is 12. The number of hydrogen-bond acceptors (Lipinski definition) is 12. The van der Waals surface area contributed by atoms with Crippen LogP contribution in [0.3, 0.4) is 0 Å². The van der Waals surface area contributed by atoms with E-state index in [9.17, 15) is 28.8 Å². The monoisotopic (exact) mass is 1720 g/mol. The van der Waals surface area contributed by atoms with Gasteiger partial charge in [-0.05, 0) is 178 Å². The summed E-state index contributed by atoms with van der Waals surface area (Å²) in [4.78, 5) is 112. The summed E-state index contributed by atoms with van der Waals surface area (Å²) in [5, 5.41) is 15.8. The Hall–Kier alpha value is -18.1. The second-order valence-electron chi connectivity index (χ2n) is 34.5. The molecule has 0 amide bonds. The number of pyridine rings is 6. The molecule has 0 bridgehead atoms. The third kappa shape index (κ3) is 8.04. The van der Waals surface area contributed by atoms with Gasteiger partial charge in [0.05, 0.1) is 82.4 Å². The smallest absolute Gasteiger partial charge is 0.264 e. The molecule has 0 aliphatic heterocycles. The number of hydrogen-bond donors (Lipinski definition) is 0. The highest BCUT2D eigenvalue weighted by atomic mass is 19.1. The van der Waals surface area contributed by atoms with Gasteiger partial charge >= 0.3 is 0 Å². The summed E-state index contributed by atoms with van der Waals surface area (Å²) in [7, 11) is 0. The van der Waals surface area contributed by atoms with Crippen LogP contribution in [-0.2, 0) is 0 Å². The standard InChI is InChI=1S/3C36H14F2N4O2/c37-21-13-19-28-18(35(43)42-26-8-4-2-6-24(26)40-34(19)42)12-10-16-30-22(38)14-20-27-17(11-9-15(31(27)30)29(21)32(16)28)33-39-23-5-1-3-7-25(23)41(33)36(20)44;37-21-13-19-27-17(35(43)41-25-7-3-1-5-23(25)39-33(19)41)11-9-15-30-22(38)14-20-28-18(12-10-16(32(28)30)29(21)31(15)27)36(44)42-26-8-4-2-6-24(26)40-34(20)42;37-21-13-19-27-17(33-39-23-5-1-3-7-25(23)41(33)35(19)43)11-9-15-30-22(38)14-20-28-18(12-10-16(32(28)30)29(21)31(15)27)34-40-24-6-2-4-8-26(24)42(34)36(20)44/h3*1-14H. The van der Waals surface area contributed by atoms with Gasteiger partial charge in [-0.3, -0.25) is 55.2 Å². The Morgan fingerprint density at radius 3 is 0.508 bits per heavy atom. The van der Waals surface area contributed by atoms with Crippen molar-refractivity contribution in [3.05, 3.63) is 352 Å². The lowest BCUT2D eigenvalue weighted by atomic mass is 9.85. The maximum atomic E-state index is 16.6. The normalized spacial score (nSPS) is 13.0. The van der Waals surface area contributed by atoms with Crippen LogP contribution in [0.4, 0.5) is 26.3 Å². The fraction of sp³-hybridized carbons (Fsp3) is 0. The van der Waals surface area contributed by atoms with Crippen molar-refractivity contribution in [2.45, 2.75) is 0 Å². The van der Waals surface area contributed by atoms with E-state index in [-0.39, 0.29) is 81.8 Å². The van der Waals surface area contributed by atoms with E-state index in [2.05, 4.69) is 0 Å². The van der Waals surface area contributed by atoms with E-state index < -0.39 is 34.9 Å². The van der Waals surface area contributed by atoms with E-state index in [1.54, 1.807) is 54.6 Å². The molecule has 33 rings (SSSR count). The predicted octanol–water partition coefficient (Wildman–Crippen LogP) is 22.6. The predicted molar refractivity (Wildman–Crippen MR) is 510 cm³/mol. The minimum atomic E-state index is -0.590. The molecule has 0 aliphatic rings. The van der Waals surface area contributed by atoms with Crippen molar-refractivity contribution in [2.75, 3.05) is 0 Å². The van der Waals surface area contributed by atoms with Gasteiger partial charge in [0.25, 0.3) is 33.4 Å². The Labute approximate surface area is 724 Å². The highest BCUT2D eigenvalue weighted by Gasteiger charge is 2.34. The van der Waals surface area contributed by atoms with Gasteiger partial charge in [0.2, 0.25) is 0 Å². The number of halogens is 6. The molecule has 33 aromatic rings. The first-order valence-corrected chi connectivity index (χ1v) is 42.5. The molecule has 0 atom stereocenters. The molecule has 0 fully saturated rings. The van der Waals surface area contributed by atoms with Gasteiger partial charge in [0, 0.05) is 145 Å². The summed E-state index contributed by atoms with van der Waals surface area (Å²) in [6, 6.07) is 73.0. The maximum absolute atomic E-state index is 16.6. The number of imidazole rings is 6. The van der Waals surface area contributed by atoms with Gasteiger partial charge in [0.1, 0.15) is 68.8 Å². The highest BCUT2D eigenvalue weighted by molar-refractivity contribution is 6.45. The Kier molecular flexibility index (Phi) is 12.4. The summed E-state index contributed by atoms with van der Waals surface area (Å²) in [5.74, 6) is -3.31. The second kappa shape index (κ2) is 23.4. The average Bonchev–Trinajstić information content (AvgIpc) is 1.18. The number of rotatable bonds is 0. The lowest BCUT2D eigenvalue weighted by molar-refractivity contribution is 0.640. The van der Waals surface area contributed by atoms with Crippen molar-refractivity contribution in [3.63, 3.8) is 0 Å². The van der Waals surface area contributed by atoms with Gasteiger partial charge in [-0.2, -0.15) is 0 Å². The Balaban J connectivity index is 0.0000000932. The molecule has 0 saturated carbocycles. The maximum Gasteiger partial charge on any atom is 0.264 e. The second-order valence-corrected chi connectivity index (χ2v) is 34.5. The number of fused-ring (bicyclic) bond motifs is 30. The molecular weight excluding hydrogens is 1680 g/mol. The van der Waals surface area contributed by atoms with Gasteiger partial charge in [-0.15, -0.1) is 0 Å². The van der Waals surface area contributed by atoms with Crippen molar-refractivity contribution >= 4 is 294 Å². The van der Waals surface area contributed by atoms with Crippen molar-refractivity contribution in [1.82, 2.24) is 56.3 Å². The van der Waals surface area contributed by atoms with Crippen LogP contribution >= 0.6 is 0 Å². The van der Waals surface area contributed by atoms with Crippen LogP contribution in [0.25, 0.3) is 294 Å². The molecule has 0 unspecified atom stereocenters. The summed E-state index contributed by atoms with van der Waals surface area (Å²) in [6.07, 6.45) is 0. The van der Waals surface area contributed by atoms with Crippen LogP contribution in [0.2, 0.25) is 0 Å². The van der Waals surface area contributed by atoms with Crippen LogP contribution in [-0.4, -0.2) is 56.3 Å². The van der Waals surface area contributed by atoms with Crippen molar-refractivity contribution in [1.29, 1.82) is 0 Å². The van der Waals surface area contributed by atoms with E-state index >= 15 is 26.3 Å². The summed E-state index contributed by atoms with van der Waals surface area (Å²) >= 11 is 0. The quantitative estimate of drug-likeness (QED) is 0.0790. The molecule has 0 N–H and O–H groups in total. The van der Waals surface area contributed by atoms with E-state index in [1.165, 1.54) is 62.8 Å². The zero-order valence-corrected chi connectivity index (χ0v) is 67.3. The van der Waals surface area contributed by atoms with Gasteiger partial charge < -0.3 is 0 Å². The number of para-hydroxylation sites is 12. The van der Waals surface area contributed by atoms with Crippen LogP contribution in [0.15, 0.2) is 284 Å². The SMILES string of the molecule is O=c1c2cc(F)c3c4ccc5c(=O)n6c7ccccc7nc6c6cc(F)c(c7ccc(c2c73)c2nc3ccccc3n12)c4c56.O=c1c2cc(F)c3c4ccc5c6c(cc(F)c(c7ccc(c2c73)c2nc3ccccc3n12)c46)c(=O)n1c2ccccc2nc51.O=c1c2ccc3c4c(F)cc5c6c(ccc(c7c(F)cc(c2c37)c2nc3ccccc3n12)c46)c(=O)n1c2ccccc2nc51. The largest absolute Gasteiger partial charge is 0.268 e. The topological polar surface area (TPSA) is 206 Å². The van der Waals surface area contributed by atoms with Crippen LogP contribution < -0.4 is 33.4 Å². The third-order valence-corrected chi connectivity index (χ3v) is 28.4. The fourth-order valence-corrected chi connectivity index (χ4v) is 23.4. The van der Waals surface area contributed by atoms with Gasteiger partial charge in [0.15, 0.2) is 0 Å². The molecule has 0 radical (unpaired) electrons. The Bertz CT molecular complexity index is 10600. The molecule has 18 nitrogen and oxygen atoms in total. The number of benzene rings is 21. The van der Waals surface area contributed by atoms with Crippen LogP contribution in [0, 0.1) is 34.9 Å². The first-order chi connectivity index (χ1) is 64.5. The van der Waals surface area contributed by atoms with Crippen molar-refractivity contribution in [3.8, 4) is 0 Å². The third-order valence-electron chi connectivity index (χ3n) is 28.4. The number of aromatic nitrogens is 12. The zero-order valence-electron chi connectivity index (χ0n) is 67.3. The summed E-state index contributed by atoms with van der Waals surface area (Å²) in [6.45, 7) is 0. The van der Waals surface area contributed by atoms with Crippen LogP contribution in [0.5, 0.6) is 0 Å². The first kappa shape index (κ1) is 70.1. The minimum Gasteiger partial charge on any atom is -0.268 e. The van der Waals surface area contributed by atoms with Crippen LogP contribution in [0.1, 0.15) is 0 Å². The lowest BCUT2D eigenvalue weighted by Crippen LogP contribution is -2.14. The van der Waals surface area contributed by atoms with Crippen molar-refractivity contribution < 1.29 is 26.3 Å². The molecule has 12 heterocycles. The Morgan fingerprint density at radius 1 is 0.152 bits per heavy atom. The molecule has 21 aromatic carbocycles. The van der Waals surface area contributed by atoms with Gasteiger partial charge in [-0.1, -0.05) is 109 Å². The molecule has 12 aromatic heterocycles. The highest BCUT2D eigenvalue weighted by Crippen LogP contribution is 2.53. The molecule has 132 heavy (non-hydrogen) atoms. The molecule has 0 aliphatic carbocycles. The molecule has 0 spiro atoms. The van der Waals surface area contributed by atoms with E-state index in [1.807, 2.05) is 164 Å².